The standard InChI is InChI=1S/C16H19N3O3/c1-2-19-11-13(9-18-19)15(21)16(22)17-10-14(20)8-12-6-4-3-5-7-12/h3-7,9,11,14,20H,2,8,10H2,1H3,(H,17,22). The minimum atomic E-state index is -0.738. The molecule has 1 heterocycles. The maximum Gasteiger partial charge on any atom is 0.292 e. The maximum absolute atomic E-state index is 11.9. The highest BCUT2D eigenvalue weighted by Gasteiger charge is 2.18. The summed E-state index contributed by atoms with van der Waals surface area (Å²) in [6.45, 7) is 2.55. The summed E-state index contributed by atoms with van der Waals surface area (Å²) in [5.41, 5.74) is 1.22. The maximum atomic E-state index is 11.9. The van der Waals surface area contributed by atoms with Crippen molar-refractivity contribution < 1.29 is 14.7 Å². The zero-order valence-electron chi connectivity index (χ0n) is 12.4. The van der Waals surface area contributed by atoms with Crippen molar-refractivity contribution in [3.05, 3.63) is 53.9 Å². The molecule has 0 radical (unpaired) electrons. The van der Waals surface area contributed by atoms with Gasteiger partial charge in [0.15, 0.2) is 0 Å². The number of benzene rings is 1. The molecule has 6 heteroatoms. The SMILES string of the molecule is CCn1cc(C(=O)C(=O)NCC(O)Cc2ccccc2)cn1. The number of nitrogens with one attached hydrogen (secondary N) is 1. The van der Waals surface area contributed by atoms with Crippen LogP contribution in [0, 0.1) is 0 Å². The van der Waals surface area contributed by atoms with Crippen LogP contribution in [0.25, 0.3) is 0 Å². The summed E-state index contributed by atoms with van der Waals surface area (Å²) in [7, 11) is 0. The van der Waals surface area contributed by atoms with Gasteiger partial charge in [0, 0.05) is 25.7 Å². The summed E-state index contributed by atoms with van der Waals surface area (Å²) in [6, 6.07) is 9.46. The Bertz CT molecular complexity index is 637. The third kappa shape index (κ3) is 4.26. The third-order valence-electron chi connectivity index (χ3n) is 3.24. The monoisotopic (exact) mass is 301 g/mol. The molecule has 0 aliphatic rings. The molecule has 6 nitrogen and oxygen atoms in total. The Hall–Kier alpha value is -2.47. The van der Waals surface area contributed by atoms with Gasteiger partial charge in [-0.05, 0) is 12.5 Å². The van der Waals surface area contributed by atoms with E-state index in [0.717, 1.165) is 5.56 Å². The predicted octanol–water partition coefficient (Wildman–Crippen LogP) is 0.805. The number of amides is 1. The lowest BCUT2D eigenvalue weighted by Crippen LogP contribution is -2.37. The van der Waals surface area contributed by atoms with Crippen LogP contribution in [-0.2, 0) is 17.8 Å². The Morgan fingerprint density at radius 3 is 2.68 bits per heavy atom. The van der Waals surface area contributed by atoms with Crippen LogP contribution in [0.2, 0.25) is 0 Å². The van der Waals surface area contributed by atoms with E-state index in [0.29, 0.717) is 13.0 Å². The zero-order valence-corrected chi connectivity index (χ0v) is 12.4. The Morgan fingerprint density at radius 1 is 1.32 bits per heavy atom. The second kappa shape index (κ2) is 7.51. The van der Waals surface area contributed by atoms with Gasteiger partial charge in [0.1, 0.15) is 0 Å². The van der Waals surface area contributed by atoms with Crippen LogP contribution in [-0.4, -0.2) is 39.2 Å². The average molecular weight is 301 g/mol. The van der Waals surface area contributed by atoms with Crippen LogP contribution in [0.5, 0.6) is 0 Å². The molecule has 0 bridgehead atoms. The molecular weight excluding hydrogens is 282 g/mol. The number of carbonyl (C=O) groups is 2. The van der Waals surface area contributed by atoms with Crippen molar-refractivity contribution in [2.75, 3.05) is 6.54 Å². The van der Waals surface area contributed by atoms with E-state index >= 15 is 0 Å². The summed E-state index contributed by atoms with van der Waals surface area (Å²) in [5.74, 6) is -1.38. The number of ketones is 1. The van der Waals surface area contributed by atoms with Crippen molar-refractivity contribution in [1.82, 2.24) is 15.1 Å². The Labute approximate surface area is 128 Å². The van der Waals surface area contributed by atoms with Crippen LogP contribution in [0.4, 0.5) is 0 Å². The number of hydrogen-bond donors (Lipinski definition) is 2. The molecule has 1 amide bonds. The minimum absolute atomic E-state index is 0.0291. The van der Waals surface area contributed by atoms with Crippen LogP contribution < -0.4 is 5.32 Å². The normalized spacial score (nSPS) is 11.9. The number of hydrogen-bond acceptors (Lipinski definition) is 4. The van der Waals surface area contributed by atoms with E-state index < -0.39 is 17.8 Å². The molecule has 0 saturated carbocycles. The first-order valence-electron chi connectivity index (χ1n) is 7.17. The van der Waals surface area contributed by atoms with Gasteiger partial charge in [0.05, 0.1) is 17.9 Å². The van der Waals surface area contributed by atoms with E-state index in [1.165, 1.54) is 12.4 Å². The molecular formula is C16H19N3O3. The van der Waals surface area contributed by atoms with Gasteiger partial charge in [0.2, 0.25) is 0 Å². The summed E-state index contributed by atoms with van der Waals surface area (Å²) in [6.07, 6.45) is 2.58. The zero-order chi connectivity index (χ0) is 15.9. The van der Waals surface area contributed by atoms with Gasteiger partial charge in [-0.15, -0.1) is 0 Å². The number of aromatic nitrogens is 2. The van der Waals surface area contributed by atoms with Gasteiger partial charge in [-0.3, -0.25) is 14.3 Å². The topological polar surface area (TPSA) is 84.2 Å². The predicted molar refractivity (Wildman–Crippen MR) is 81.4 cm³/mol. The first kappa shape index (κ1) is 15.9. The fourth-order valence-electron chi connectivity index (χ4n) is 2.03. The summed E-state index contributed by atoms with van der Waals surface area (Å²) < 4.78 is 1.57. The molecule has 0 aliphatic carbocycles. The highest BCUT2D eigenvalue weighted by Crippen LogP contribution is 2.03. The molecule has 2 N–H and O–H groups in total. The number of rotatable bonds is 7. The van der Waals surface area contributed by atoms with Gasteiger partial charge in [-0.1, -0.05) is 30.3 Å². The minimum Gasteiger partial charge on any atom is -0.391 e. The van der Waals surface area contributed by atoms with Crippen LogP contribution in [0.1, 0.15) is 22.8 Å². The summed E-state index contributed by atoms with van der Waals surface area (Å²) in [4.78, 5) is 23.7. The highest BCUT2D eigenvalue weighted by molar-refractivity contribution is 6.42. The number of aliphatic hydroxyl groups is 1. The van der Waals surface area contributed by atoms with Gasteiger partial charge in [-0.25, -0.2) is 0 Å². The number of aryl methyl sites for hydroxylation is 1. The second-order valence-electron chi connectivity index (χ2n) is 4.97. The number of nitrogens with zero attached hydrogens (tertiary/aromatic N) is 2. The van der Waals surface area contributed by atoms with Crippen molar-refractivity contribution in [2.24, 2.45) is 0 Å². The van der Waals surface area contributed by atoms with E-state index in [-0.39, 0.29) is 12.1 Å². The molecule has 1 atom stereocenters. The van der Waals surface area contributed by atoms with E-state index in [9.17, 15) is 14.7 Å². The molecule has 2 rings (SSSR count). The van der Waals surface area contributed by atoms with Crippen LogP contribution in [0.15, 0.2) is 42.7 Å². The molecule has 1 aromatic heterocycles. The highest BCUT2D eigenvalue weighted by atomic mass is 16.3. The van der Waals surface area contributed by atoms with Gasteiger partial charge >= 0.3 is 0 Å². The van der Waals surface area contributed by atoms with Crippen molar-refractivity contribution in [2.45, 2.75) is 26.0 Å². The molecule has 1 aromatic carbocycles. The first-order chi connectivity index (χ1) is 10.6. The Morgan fingerprint density at radius 2 is 2.05 bits per heavy atom. The number of Topliss-reactive ketones (excluding diaryl/α,β-unsaturated/α-hetero) is 1. The van der Waals surface area contributed by atoms with Crippen LogP contribution >= 0.6 is 0 Å². The van der Waals surface area contributed by atoms with Gasteiger partial charge in [0.25, 0.3) is 11.7 Å². The smallest absolute Gasteiger partial charge is 0.292 e. The van der Waals surface area contributed by atoms with Gasteiger partial charge in [-0.2, -0.15) is 5.10 Å². The van der Waals surface area contributed by atoms with Crippen molar-refractivity contribution in [3.63, 3.8) is 0 Å². The molecule has 22 heavy (non-hydrogen) atoms. The lowest BCUT2D eigenvalue weighted by molar-refractivity contribution is -0.117. The molecule has 1 unspecified atom stereocenters. The average Bonchev–Trinajstić information content (AvgIpc) is 3.02. The lowest BCUT2D eigenvalue weighted by atomic mass is 10.1. The lowest BCUT2D eigenvalue weighted by Gasteiger charge is -2.11. The number of aliphatic hydroxyl groups excluding tert-OH is 1. The molecule has 0 spiro atoms. The molecule has 0 fully saturated rings. The molecule has 116 valence electrons. The molecule has 2 aromatic rings. The quantitative estimate of drug-likeness (QED) is 0.585. The Kier molecular flexibility index (Phi) is 5.43. The van der Waals surface area contributed by atoms with E-state index in [1.807, 2.05) is 37.3 Å². The molecule has 0 aliphatic heterocycles. The van der Waals surface area contributed by atoms with Gasteiger partial charge < -0.3 is 10.4 Å². The largest absolute Gasteiger partial charge is 0.391 e. The summed E-state index contributed by atoms with van der Waals surface area (Å²) in [5, 5.41) is 16.3. The van der Waals surface area contributed by atoms with Crippen molar-refractivity contribution in [1.29, 1.82) is 0 Å². The van der Waals surface area contributed by atoms with Crippen LogP contribution in [0.3, 0.4) is 0 Å². The van der Waals surface area contributed by atoms with Crippen molar-refractivity contribution in [3.8, 4) is 0 Å². The van der Waals surface area contributed by atoms with E-state index in [1.54, 1.807) is 4.68 Å². The fraction of sp³-hybridized carbons (Fsp3) is 0.312. The summed E-state index contributed by atoms with van der Waals surface area (Å²) >= 11 is 0. The third-order valence-corrected chi connectivity index (χ3v) is 3.24. The van der Waals surface area contributed by atoms with Crippen molar-refractivity contribution >= 4 is 11.7 Å². The fourth-order valence-corrected chi connectivity index (χ4v) is 2.03. The van der Waals surface area contributed by atoms with E-state index in [4.69, 9.17) is 0 Å². The second-order valence-corrected chi connectivity index (χ2v) is 4.97. The molecule has 0 saturated heterocycles. The number of carbonyl (C=O) groups excluding carboxylic acids is 2. The van der Waals surface area contributed by atoms with E-state index in [2.05, 4.69) is 10.4 Å². The first-order valence-corrected chi connectivity index (χ1v) is 7.17. The Balaban J connectivity index is 1.83.